The van der Waals surface area contributed by atoms with Crippen LogP contribution in [0.5, 0.6) is 0 Å². The average molecular weight is 361 g/mol. The van der Waals surface area contributed by atoms with E-state index < -0.39 is 9.84 Å². The first-order valence-corrected chi connectivity index (χ1v) is 8.23. The third kappa shape index (κ3) is 3.49. The summed E-state index contributed by atoms with van der Waals surface area (Å²) in [4.78, 5) is 0.259. The van der Waals surface area contributed by atoms with Crippen molar-refractivity contribution in [3.05, 3.63) is 57.5 Å². The lowest BCUT2D eigenvalue weighted by atomic mass is 10.2. The predicted molar refractivity (Wildman–Crippen MR) is 80.9 cm³/mol. The molecule has 0 saturated heterocycles. The summed E-state index contributed by atoms with van der Waals surface area (Å²) in [5, 5.41) is 0.468. The van der Waals surface area contributed by atoms with E-state index >= 15 is 0 Å². The van der Waals surface area contributed by atoms with E-state index in [1.54, 1.807) is 42.5 Å². The van der Waals surface area contributed by atoms with Gasteiger partial charge in [0.1, 0.15) is 0 Å². The van der Waals surface area contributed by atoms with Crippen molar-refractivity contribution >= 4 is 43.1 Å². The number of halogens is 2. The number of anilines is 1. The highest BCUT2D eigenvalue weighted by Crippen LogP contribution is 2.24. The Bertz CT molecular complexity index is 699. The van der Waals surface area contributed by atoms with Crippen LogP contribution in [0.3, 0.4) is 0 Å². The van der Waals surface area contributed by atoms with Gasteiger partial charge in [0.15, 0.2) is 9.84 Å². The highest BCUT2D eigenvalue weighted by atomic mass is 79.9. The molecule has 6 heteroatoms. The lowest BCUT2D eigenvalue weighted by Gasteiger charge is -2.08. The first kappa shape index (κ1) is 14.4. The SMILES string of the molecule is Nc1ccc(Cl)cc1CS(=O)(=O)c1ccc(Br)cc1. The maximum Gasteiger partial charge on any atom is 0.182 e. The van der Waals surface area contributed by atoms with Crippen LogP contribution in [0.25, 0.3) is 0 Å². The smallest absolute Gasteiger partial charge is 0.182 e. The van der Waals surface area contributed by atoms with Gasteiger partial charge in [0.25, 0.3) is 0 Å². The summed E-state index contributed by atoms with van der Waals surface area (Å²) in [7, 11) is -3.43. The Morgan fingerprint density at radius 1 is 1.11 bits per heavy atom. The van der Waals surface area contributed by atoms with Crippen molar-refractivity contribution in [3.63, 3.8) is 0 Å². The van der Waals surface area contributed by atoms with E-state index in [-0.39, 0.29) is 10.6 Å². The van der Waals surface area contributed by atoms with Gasteiger partial charge >= 0.3 is 0 Å². The Morgan fingerprint density at radius 2 is 1.74 bits per heavy atom. The van der Waals surface area contributed by atoms with Crippen LogP contribution >= 0.6 is 27.5 Å². The van der Waals surface area contributed by atoms with Gasteiger partial charge in [0, 0.05) is 15.2 Å². The van der Waals surface area contributed by atoms with Crippen molar-refractivity contribution < 1.29 is 8.42 Å². The molecule has 19 heavy (non-hydrogen) atoms. The van der Waals surface area contributed by atoms with Gasteiger partial charge in [0.2, 0.25) is 0 Å². The molecule has 2 rings (SSSR count). The molecule has 0 bridgehead atoms. The zero-order valence-corrected chi connectivity index (χ0v) is 13.0. The Kier molecular flexibility index (Phi) is 4.18. The minimum Gasteiger partial charge on any atom is -0.398 e. The molecule has 0 radical (unpaired) electrons. The molecule has 3 nitrogen and oxygen atoms in total. The fourth-order valence-electron chi connectivity index (χ4n) is 1.63. The first-order chi connectivity index (χ1) is 8.88. The zero-order chi connectivity index (χ0) is 14.0. The minimum atomic E-state index is -3.43. The Morgan fingerprint density at radius 3 is 2.37 bits per heavy atom. The van der Waals surface area contributed by atoms with Crippen LogP contribution < -0.4 is 5.73 Å². The summed E-state index contributed by atoms with van der Waals surface area (Å²) in [5.74, 6) is -0.166. The standard InChI is InChI=1S/C13H11BrClNO2S/c14-10-1-4-12(5-2-10)19(17,18)8-9-7-11(15)3-6-13(9)16/h1-7H,8,16H2. The van der Waals surface area contributed by atoms with E-state index in [0.717, 1.165) is 4.47 Å². The number of hydrogen-bond donors (Lipinski definition) is 1. The predicted octanol–water partition coefficient (Wildman–Crippen LogP) is 3.66. The van der Waals surface area contributed by atoms with Gasteiger partial charge in [-0.3, -0.25) is 0 Å². The monoisotopic (exact) mass is 359 g/mol. The largest absolute Gasteiger partial charge is 0.398 e. The van der Waals surface area contributed by atoms with Gasteiger partial charge in [0.05, 0.1) is 10.6 Å². The minimum absolute atomic E-state index is 0.166. The van der Waals surface area contributed by atoms with Gasteiger partial charge < -0.3 is 5.73 Å². The molecule has 2 aromatic carbocycles. The molecular weight excluding hydrogens is 350 g/mol. The lowest BCUT2D eigenvalue weighted by molar-refractivity contribution is 0.595. The summed E-state index contributed by atoms with van der Waals surface area (Å²) >= 11 is 9.12. The fourth-order valence-corrected chi connectivity index (χ4v) is 3.47. The molecule has 0 spiro atoms. The van der Waals surface area contributed by atoms with Crippen molar-refractivity contribution in [2.45, 2.75) is 10.6 Å². The maximum atomic E-state index is 12.3. The highest BCUT2D eigenvalue weighted by molar-refractivity contribution is 9.10. The molecule has 0 aliphatic carbocycles. The Hall–Kier alpha value is -1.04. The maximum absolute atomic E-state index is 12.3. The fraction of sp³-hybridized carbons (Fsp3) is 0.0769. The van der Waals surface area contributed by atoms with E-state index in [2.05, 4.69) is 15.9 Å². The molecule has 0 saturated carbocycles. The number of hydrogen-bond acceptors (Lipinski definition) is 3. The highest BCUT2D eigenvalue weighted by Gasteiger charge is 2.17. The number of nitrogens with two attached hydrogens (primary N) is 1. The lowest BCUT2D eigenvalue weighted by Crippen LogP contribution is -2.07. The summed E-state index contributed by atoms with van der Waals surface area (Å²) in [6, 6.07) is 11.3. The average Bonchev–Trinajstić information content (AvgIpc) is 2.34. The molecule has 0 atom stereocenters. The summed E-state index contributed by atoms with van der Waals surface area (Å²) < 4.78 is 25.4. The molecule has 0 unspecified atom stereocenters. The third-order valence-electron chi connectivity index (χ3n) is 2.62. The topological polar surface area (TPSA) is 60.2 Å². The quantitative estimate of drug-likeness (QED) is 0.850. The van der Waals surface area contributed by atoms with E-state index in [1.807, 2.05) is 0 Å². The summed E-state index contributed by atoms with van der Waals surface area (Å²) in [5.41, 5.74) is 6.70. The van der Waals surface area contributed by atoms with E-state index in [1.165, 1.54) is 0 Å². The van der Waals surface area contributed by atoms with Crippen molar-refractivity contribution in [2.24, 2.45) is 0 Å². The Balaban J connectivity index is 2.36. The molecule has 0 aliphatic rings. The molecular formula is C13H11BrClNO2S. The normalized spacial score (nSPS) is 11.5. The molecule has 0 amide bonds. The first-order valence-electron chi connectivity index (χ1n) is 5.41. The van der Waals surface area contributed by atoms with Crippen molar-refractivity contribution in [2.75, 3.05) is 5.73 Å². The number of sulfone groups is 1. The summed E-state index contributed by atoms with van der Waals surface area (Å²) in [6.07, 6.45) is 0. The second-order valence-corrected chi connectivity index (χ2v) is 7.40. The van der Waals surface area contributed by atoms with Crippen molar-refractivity contribution in [3.8, 4) is 0 Å². The van der Waals surface area contributed by atoms with Crippen LogP contribution in [0.2, 0.25) is 5.02 Å². The second kappa shape index (κ2) is 5.53. The molecule has 0 fully saturated rings. The van der Waals surface area contributed by atoms with Crippen LogP contribution in [-0.2, 0) is 15.6 Å². The summed E-state index contributed by atoms with van der Waals surface area (Å²) in [6.45, 7) is 0. The van der Waals surface area contributed by atoms with Gasteiger partial charge in [-0.1, -0.05) is 27.5 Å². The molecule has 0 heterocycles. The van der Waals surface area contributed by atoms with Gasteiger partial charge in [-0.15, -0.1) is 0 Å². The van der Waals surface area contributed by atoms with Crippen LogP contribution in [0.4, 0.5) is 5.69 Å². The van der Waals surface area contributed by atoms with E-state index in [0.29, 0.717) is 16.3 Å². The molecule has 0 aliphatic heterocycles. The molecule has 2 N–H and O–H groups in total. The Labute approximate surface area is 125 Å². The number of benzene rings is 2. The van der Waals surface area contributed by atoms with Gasteiger partial charge in [-0.25, -0.2) is 8.42 Å². The second-order valence-electron chi connectivity index (χ2n) is 4.06. The van der Waals surface area contributed by atoms with Crippen molar-refractivity contribution in [1.29, 1.82) is 0 Å². The molecule has 100 valence electrons. The molecule has 0 aromatic heterocycles. The van der Waals surface area contributed by atoms with Crippen LogP contribution in [-0.4, -0.2) is 8.42 Å². The van der Waals surface area contributed by atoms with Crippen LogP contribution in [0.1, 0.15) is 5.56 Å². The van der Waals surface area contributed by atoms with Gasteiger partial charge in [-0.05, 0) is 48.0 Å². The van der Waals surface area contributed by atoms with E-state index in [4.69, 9.17) is 17.3 Å². The zero-order valence-electron chi connectivity index (χ0n) is 9.81. The van der Waals surface area contributed by atoms with Crippen LogP contribution in [0, 0.1) is 0 Å². The number of nitrogen functional groups attached to an aromatic ring is 1. The van der Waals surface area contributed by atoms with E-state index in [9.17, 15) is 8.42 Å². The van der Waals surface area contributed by atoms with Crippen molar-refractivity contribution in [1.82, 2.24) is 0 Å². The number of rotatable bonds is 3. The van der Waals surface area contributed by atoms with Gasteiger partial charge in [-0.2, -0.15) is 0 Å². The third-order valence-corrected chi connectivity index (χ3v) is 5.07. The van der Waals surface area contributed by atoms with Crippen LogP contribution in [0.15, 0.2) is 51.8 Å². The molecule has 2 aromatic rings.